The summed E-state index contributed by atoms with van der Waals surface area (Å²) in [7, 11) is 0. The van der Waals surface area contributed by atoms with Crippen LogP contribution in [0, 0.1) is 34.6 Å². The van der Waals surface area contributed by atoms with E-state index in [4.69, 9.17) is 9.52 Å². The number of piperidine rings is 1. The molecule has 3 aromatic rings. The van der Waals surface area contributed by atoms with E-state index in [9.17, 15) is 0 Å². The quantitative estimate of drug-likeness (QED) is 0.656. The molecule has 1 aliphatic heterocycles. The molecule has 4 heteroatoms. The van der Waals surface area contributed by atoms with Gasteiger partial charge in [-0.1, -0.05) is 24.1 Å². The Balaban J connectivity index is 1.83. The third-order valence-electron chi connectivity index (χ3n) is 5.68. The van der Waals surface area contributed by atoms with Crippen LogP contribution in [0.1, 0.15) is 53.0 Å². The molecule has 0 saturated carbocycles. The largest absolute Gasteiger partial charge is 0.441 e. The molecule has 138 valence electrons. The molecule has 1 aliphatic rings. The Kier molecular flexibility index (Phi) is 4.39. The van der Waals surface area contributed by atoms with Gasteiger partial charge in [0, 0.05) is 12.1 Å². The van der Waals surface area contributed by atoms with E-state index in [1.165, 1.54) is 60.2 Å². The Hall–Kier alpha value is -2.07. The van der Waals surface area contributed by atoms with Gasteiger partial charge in [0.05, 0.1) is 11.3 Å². The average Bonchev–Trinajstić information content (AvgIpc) is 3.04. The maximum atomic E-state index is 6.26. The van der Waals surface area contributed by atoms with Crippen LogP contribution in [0.25, 0.3) is 17.0 Å². The number of rotatable bonds is 3. The van der Waals surface area contributed by atoms with Crippen LogP contribution in [0.2, 0.25) is 0 Å². The molecular formula is C22H29N3O. The number of aryl methyl sites for hydroxylation is 5. The van der Waals surface area contributed by atoms with Crippen LogP contribution in [0.15, 0.2) is 16.5 Å². The van der Waals surface area contributed by atoms with Gasteiger partial charge in [-0.2, -0.15) is 9.61 Å². The van der Waals surface area contributed by atoms with Gasteiger partial charge in [0.25, 0.3) is 0 Å². The van der Waals surface area contributed by atoms with E-state index in [0.29, 0.717) is 0 Å². The fourth-order valence-corrected chi connectivity index (χ4v) is 4.50. The van der Waals surface area contributed by atoms with Crippen molar-refractivity contribution in [3.63, 3.8) is 0 Å². The number of hydrogen-bond donors (Lipinski definition) is 0. The zero-order valence-corrected chi connectivity index (χ0v) is 16.6. The predicted octanol–water partition coefficient (Wildman–Crippen LogP) is 5.12. The minimum Gasteiger partial charge on any atom is -0.441 e. The molecule has 4 nitrogen and oxygen atoms in total. The van der Waals surface area contributed by atoms with Crippen molar-refractivity contribution in [3.8, 4) is 11.3 Å². The molecule has 0 aliphatic carbocycles. The highest BCUT2D eigenvalue weighted by Crippen LogP contribution is 2.35. The van der Waals surface area contributed by atoms with E-state index in [0.717, 1.165) is 29.4 Å². The second kappa shape index (κ2) is 6.58. The Morgan fingerprint density at radius 3 is 2.27 bits per heavy atom. The topological polar surface area (TPSA) is 33.7 Å². The molecule has 0 radical (unpaired) electrons. The predicted molar refractivity (Wildman–Crippen MR) is 106 cm³/mol. The number of aromatic nitrogens is 2. The second-order valence-electron chi connectivity index (χ2n) is 7.90. The van der Waals surface area contributed by atoms with Gasteiger partial charge in [-0.3, -0.25) is 4.90 Å². The minimum absolute atomic E-state index is 0.917. The van der Waals surface area contributed by atoms with Crippen LogP contribution in [0.3, 0.4) is 0 Å². The lowest BCUT2D eigenvalue weighted by Crippen LogP contribution is -2.29. The highest BCUT2D eigenvalue weighted by Gasteiger charge is 2.24. The SMILES string of the molecule is Cc1cc(C)c(-c2c(C)oc3c(CN4CCCCC4)c(C)nn23)c(C)c1. The molecule has 0 unspecified atom stereocenters. The molecule has 4 rings (SSSR count). The number of nitrogens with zero attached hydrogens (tertiary/aromatic N) is 3. The molecule has 0 spiro atoms. The molecule has 0 bridgehead atoms. The molecule has 3 heterocycles. The van der Waals surface area contributed by atoms with Gasteiger partial charge in [0.1, 0.15) is 11.5 Å². The van der Waals surface area contributed by atoms with E-state index in [1.807, 2.05) is 4.52 Å². The average molecular weight is 351 g/mol. The molecule has 2 aromatic heterocycles. The summed E-state index contributed by atoms with van der Waals surface area (Å²) in [4.78, 5) is 2.54. The van der Waals surface area contributed by atoms with E-state index in [-0.39, 0.29) is 0 Å². The van der Waals surface area contributed by atoms with Crippen molar-refractivity contribution in [2.45, 2.75) is 60.4 Å². The Morgan fingerprint density at radius 1 is 0.962 bits per heavy atom. The maximum absolute atomic E-state index is 6.26. The highest BCUT2D eigenvalue weighted by molar-refractivity contribution is 5.73. The smallest absolute Gasteiger partial charge is 0.227 e. The third-order valence-corrected chi connectivity index (χ3v) is 5.68. The van der Waals surface area contributed by atoms with Crippen molar-refractivity contribution < 1.29 is 4.42 Å². The fraction of sp³-hybridized carbons (Fsp3) is 0.500. The second-order valence-corrected chi connectivity index (χ2v) is 7.90. The van der Waals surface area contributed by atoms with Gasteiger partial charge in [-0.25, -0.2) is 0 Å². The van der Waals surface area contributed by atoms with Crippen molar-refractivity contribution >= 4 is 5.71 Å². The summed E-state index contributed by atoms with van der Waals surface area (Å²) in [5.74, 6) is 0.947. The number of fused-ring (bicyclic) bond motifs is 1. The molecule has 26 heavy (non-hydrogen) atoms. The molecule has 1 aromatic carbocycles. The molecule has 0 atom stereocenters. The minimum atomic E-state index is 0.917. The van der Waals surface area contributed by atoms with Crippen LogP contribution in [-0.4, -0.2) is 27.6 Å². The van der Waals surface area contributed by atoms with Crippen molar-refractivity contribution in [3.05, 3.63) is 45.8 Å². The summed E-state index contributed by atoms with van der Waals surface area (Å²) in [6.07, 6.45) is 3.95. The summed E-state index contributed by atoms with van der Waals surface area (Å²) in [6.45, 7) is 14.0. The van der Waals surface area contributed by atoms with E-state index >= 15 is 0 Å². The Bertz CT molecular complexity index is 935. The Labute approximate surface area is 155 Å². The van der Waals surface area contributed by atoms with Crippen molar-refractivity contribution in [2.75, 3.05) is 13.1 Å². The van der Waals surface area contributed by atoms with Crippen molar-refractivity contribution in [1.82, 2.24) is 14.5 Å². The Morgan fingerprint density at radius 2 is 1.62 bits per heavy atom. The summed E-state index contributed by atoms with van der Waals surface area (Å²) in [5, 5.41) is 4.88. The van der Waals surface area contributed by atoms with Gasteiger partial charge in [-0.05, 0) is 71.7 Å². The lowest BCUT2D eigenvalue weighted by molar-refractivity contribution is 0.220. The molecular weight excluding hydrogens is 322 g/mol. The molecule has 0 N–H and O–H groups in total. The normalized spacial score (nSPS) is 15.9. The van der Waals surface area contributed by atoms with Crippen LogP contribution in [0.4, 0.5) is 0 Å². The lowest BCUT2D eigenvalue weighted by atomic mass is 9.97. The fourth-order valence-electron chi connectivity index (χ4n) is 4.50. The van der Waals surface area contributed by atoms with Crippen LogP contribution < -0.4 is 0 Å². The van der Waals surface area contributed by atoms with Gasteiger partial charge >= 0.3 is 0 Å². The summed E-state index contributed by atoms with van der Waals surface area (Å²) >= 11 is 0. The standard InChI is InChI=1S/C22H29N3O/c1-14-11-15(2)20(16(3)12-14)21-18(5)26-22-19(17(4)23-25(21)22)13-24-9-7-6-8-10-24/h11-12H,6-10,13H2,1-5H3. The zero-order chi connectivity index (χ0) is 18.4. The monoisotopic (exact) mass is 351 g/mol. The van der Waals surface area contributed by atoms with E-state index in [1.54, 1.807) is 0 Å². The van der Waals surface area contributed by atoms with Gasteiger partial charge in [0.2, 0.25) is 5.71 Å². The summed E-state index contributed by atoms with van der Waals surface area (Å²) in [5.41, 5.74) is 9.44. The van der Waals surface area contributed by atoms with Crippen molar-refractivity contribution in [1.29, 1.82) is 0 Å². The van der Waals surface area contributed by atoms with Gasteiger partial charge < -0.3 is 4.42 Å². The number of hydrogen-bond acceptors (Lipinski definition) is 3. The highest BCUT2D eigenvalue weighted by atomic mass is 16.4. The molecule has 1 saturated heterocycles. The van der Waals surface area contributed by atoms with Crippen LogP contribution in [-0.2, 0) is 6.54 Å². The maximum Gasteiger partial charge on any atom is 0.227 e. The van der Waals surface area contributed by atoms with E-state index < -0.39 is 0 Å². The molecule has 1 fully saturated rings. The summed E-state index contributed by atoms with van der Waals surface area (Å²) < 4.78 is 8.30. The van der Waals surface area contributed by atoms with Gasteiger partial charge in [0.15, 0.2) is 0 Å². The van der Waals surface area contributed by atoms with Crippen molar-refractivity contribution in [2.24, 2.45) is 0 Å². The first kappa shape index (κ1) is 17.3. The number of oxazole rings is 1. The van der Waals surface area contributed by atoms with Crippen LogP contribution >= 0.6 is 0 Å². The third kappa shape index (κ3) is 2.86. The van der Waals surface area contributed by atoms with Crippen LogP contribution in [0.5, 0.6) is 0 Å². The van der Waals surface area contributed by atoms with E-state index in [2.05, 4.69) is 51.7 Å². The first-order valence-corrected chi connectivity index (χ1v) is 9.74. The first-order valence-electron chi connectivity index (χ1n) is 9.74. The number of benzene rings is 1. The van der Waals surface area contributed by atoms with Gasteiger partial charge in [-0.15, -0.1) is 0 Å². The summed E-state index contributed by atoms with van der Waals surface area (Å²) in [6, 6.07) is 4.48. The lowest BCUT2D eigenvalue weighted by Gasteiger charge is -2.25. The zero-order valence-electron chi connectivity index (χ0n) is 16.6. The number of likely N-dealkylation sites (tertiary alicyclic amines) is 1. The molecule has 0 amide bonds. The first-order chi connectivity index (χ1) is 12.5.